The summed E-state index contributed by atoms with van der Waals surface area (Å²) >= 11 is 0. The Hall–Kier alpha value is -1.58. The van der Waals surface area contributed by atoms with E-state index in [0.29, 0.717) is 13.2 Å². The first-order chi connectivity index (χ1) is 13.7. The van der Waals surface area contributed by atoms with Crippen molar-refractivity contribution in [1.82, 2.24) is 0 Å². The predicted octanol–water partition coefficient (Wildman–Crippen LogP) is 6.69. The smallest absolute Gasteiger partial charge is 0.306 e. The molecule has 4 heteroatoms. The van der Waals surface area contributed by atoms with Crippen LogP contribution in [0.5, 0.6) is 0 Å². The first-order valence-electron chi connectivity index (χ1n) is 11.3. The van der Waals surface area contributed by atoms with E-state index >= 15 is 0 Å². The van der Waals surface area contributed by atoms with E-state index in [1.807, 2.05) is 0 Å². The molecule has 0 heterocycles. The molecule has 0 aliphatic heterocycles. The van der Waals surface area contributed by atoms with E-state index in [0.717, 1.165) is 25.7 Å². The van der Waals surface area contributed by atoms with E-state index in [1.54, 1.807) is 0 Å². The second-order valence-electron chi connectivity index (χ2n) is 7.16. The fourth-order valence-corrected chi connectivity index (χ4v) is 2.68. The van der Waals surface area contributed by atoms with Gasteiger partial charge in [0.2, 0.25) is 0 Å². The van der Waals surface area contributed by atoms with Crippen molar-refractivity contribution in [2.24, 2.45) is 0 Å². The zero-order chi connectivity index (χ0) is 20.7. The van der Waals surface area contributed by atoms with E-state index in [4.69, 9.17) is 9.47 Å². The summed E-state index contributed by atoms with van der Waals surface area (Å²) in [6, 6.07) is 0. The van der Waals surface area contributed by atoms with Gasteiger partial charge in [-0.3, -0.25) is 9.59 Å². The second-order valence-corrected chi connectivity index (χ2v) is 7.16. The van der Waals surface area contributed by atoms with Crippen molar-refractivity contribution in [1.29, 1.82) is 0 Å². The van der Waals surface area contributed by atoms with Gasteiger partial charge in [0, 0.05) is 0 Å². The molecule has 0 aliphatic carbocycles. The quantitative estimate of drug-likeness (QED) is 0.139. The molecular formula is C24H42O4. The maximum absolute atomic E-state index is 11.6. The largest absolute Gasteiger partial charge is 0.465 e. The summed E-state index contributed by atoms with van der Waals surface area (Å²) in [5.41, 5.74) is 0. The third-order valence-electron chi connectivity index (χ3n) is 4.41. The van der Waals surface area contributed by atoms with E-state index in [-0.39, 0.29) is 24.8 Å². The predicted molar refractivity (Wildman–Crippen MR) is 116 cm³/mol. The van der Waals surface area contributed by atoms with Crippen LogP contribution in [0.3, 0.4) is 0 Å². The number of unbranched alkanes of at least 4 members (excludes halogenated alkanes) is 8. The van der Waals surface area contributed by atoms with Gasteiger partial charge >= 0.3 is 11.9 Å². The van der Waals surface area contributed by atoms with Crippen LogP contribution in [0.25, 0.3) is 0 Å². The van der Waals surface area contributed by atoms with Gasteiger partial charge in [-0.15, -0.1) is 0 Å². The molecule has 0 saturated carbocycles. The van der Waals surface area contributed by atoms with Crippen molar-refractivity contribution in [3.63, 3.8) is 0 Å². The Morgan fingerprint density at radius 2 is 0.964 bits per heavy atom. The van der Waals surface area contributed by atoms with Crippen molar-refractivity contribution < 1.29 is 19.1 Å². The van der Waals surface area contributed by atoms with Crippen molar-refractivity contribution in [3.05, 3.63) is 24.3 Å². The molecule has 0 aromatic rings. The summed E-state index contributed by atoms with van der Waals surface area (Å²) in [7, 11) is 0. The summed E-state index contributed by atoms with van der Waals surface area (Å²) < 4.78 is 10.3. The molecule has 0 spiro atoms. The lowest BCUT2D eigenvalue weighted by Crippen LogP contribution is -2.11. The zero-order valence-corrected chi connectivity index (χ0v) is 18.3. The molecule has 0 aromatic heterocycles. The average molecular weight is 395 g/mol. The average Bonchev–Trinajstić information content (AvgIpc) is 2.69. The van der Waals surface area contributed by atoms with Gasteiger partial charge in [0.1, 0.15) is 0 Å². The molecular weight excluding hydrogens is 352 g/mol. The second kappa shape index (κ2) is 21.7. The zero-order valence-electron chi connectivity index (χ0n) is 18.3. The number of ether oxygens (including phenoxy) is 2. The molecule has 0 unspecified atom stereocenters. The molecule has 28 heavy (non-hydrogen) atoms. The molecule has 0 bridgehead atoms. The highest BCUT2D eigenvalue weighted by Crippen LogP contribution is 2.05. The Morgan fingerprint density at radius 3 is 1.36 bits per heavy atom. The fraction of sp³-hybridized carbons (Fsp3) is 0.750. The Balaban J connectivity index is 3.47. The Kier molecular flexibility index (Phi) is 20.5. The molecule has 0 radical (unpaired) electrons. The Bertz CT molecular complexity index is 386. The van der Waals surface area contributed by atoms with Crippen LogP contribution in [0.4, 0.5) is 0 Å². The minimum atomic E-state index is -0.333. The topological polar surface area (TPSA) is 52.6 Å². The van der Waals surface area contributed by atoms with Gasteiger partial charge in [-0.1, -0.05) is 76.7 Å². The summed E-state index contributed by atoms with van der Waals surface area (Å²) in [5, 5.41) is 0. The van der Waals surface area contributed by atoms with Crippen LogP contribution < -0.4 is 0 Å². The number of carbonyl (C=O) groups excluding carboxylic acids is 2. The fourth-order valence-electron chi connectivity index (χ4n) is 2.68. The number of rotatable bonds is 19. The van der Waals surface area contributed by atoms with Crippen molar-refractivity contribution >= 4 is 11.9 Å². The van der Waals surface area contributed by atoms with Gasteiger partial charge in [0.15, 0.2) is 0 Å². The van der Waals surface area contributed by atoms with Crippen LogP contribution in [-0.2, 0) is 19.1 Å². The van der Waals surface area contributed by atoms with E-state index in [1.165, 1.54) is 51.4 Å². The molecule has 162 valence electrons. The maximum Gasteiger partial charge on any atom is 0.306 e. The minimum absolute atomic E-state index is 0.0901. The Morgan fingerprint density at radius 1 is 0.571 bits per heavy atom. The minimum Gasteiger partial charge on any atom is -0.465 e. The monoisotopic (exact) mass is 394 g/mol. The highest BCUT2D eigenvalue weighted by Gasteiger charge is 2.08. The summed E-state index contributed by atoms with van der Waals surface area (Å²) in [6.07, 6.45) is 22.4. The standard InChI is InChI=1S/C24H42O4/c1-3-5-7-9-11-13-15-17-21-27-23(25)19-20-24(26)28-22-18-16-14-12-10-8-6-4-2/h13-16H,3-12,17-22H2,1-2H3/b15-13+,16-14+. The van der Waals surface area contributed by atoms with Gasteiger partial charge in [-0.2, -0.15) is 0 Å². The van der Waals surface area contributed by atoms with Crippen LogP contribution >= 0.6 is 0 Å². The lowest BCUT2D eigenvalue weighted by molar-refractivity contribution is -0.150. The lowest BCUT2D eigenvalue weighted by Gasteiger charge is -2.04. The van der Waals surface area contributed by atoms with Crippen LogP contribution in [0.2, 0.25) is 0 Å². The van der Waals surface area contributed by atoms with Crippen LogP contribution in [0.1, 0.15) is 104 Å². The van der Waals surface area contributed by atoms with E-state index < -0.39 is 0 Å². The van der Waals surface area contributed by atoms with Gasteiger partial charge < -0.3 is 9.47 Å². The number of hydrogen-bond donors (Lipinski definition) is 0. The Labute approximate surface area is 172 Å². The highest BCUT2D eigenvalue weighted by atomic mass is 16.5. The van der Waals surface area contributed by atoms with Crippen molar-refractivity contribution in [3.8, 4) is 0 Å². The van der Waals surface area contributed by atoms with Crippen molar-refractivity contribution in [2.75, 3.05) is 13.2 Å². The van der Waals surface area contributed by atoms with Gasteiger partial charge in [-0.05, 0) is 38.5 Å². The first-order valence-corrected chi connectivity index (χ1v) is 11.3. The van der Waals surface area contributed by atoms with Gasteiger partial charge in [0.05, 0.1) is 26.1 Å². The third-order valence-corrected chi connectivity index (χ3v) is 4.41. The van der Waals surface area contributed by atoms with Crippen LogP contribution in [0.15, 0.2) is 24.3 Å². The number of hydrogen-bond acceptors (Lipinski definition) is 4. The van der Waals surface area contributed by atoms with E-state index in [2.05, 4.69) is 38.2 Å². The molecule has 4 nitrogen and oxygen atoms in total. The molecule has 0 saturated heterocycles. The maximum atomic E-state index is 11.6. The molecule has 0 aliphatic rings. The van der Waals surface area contributed by atoms with Crippen LogP contribution in [0, 0.1) is 0 Å². The summed E-state index contributed by atoms with van der Waals surface area (Å²) in [5.74, 6) is -0.666. The first kappa shape index (κ1) is 26.4. The number of allylic oxidation sites excluding steroid dienone is 2. The molecule has 0 rings (SSSR count). The summed E-state index contributed by atoms with van der Waals surface area (Å²) in [4.78, 5) is 23.2. The van der Waals surface area contributed by atoms with Gasteiger partial charge in [0.25, 0.3) is 0 Å². The molecule has 0 fully saturated rings. The summed E-state index contributed by atoms with van der Waals surface area (Å²) in [6.45, 7) is 5.17. The molecule has 0 atom stereocenters. The van der Waals surface area contributed by atoms with Crippen LogP contribution in [-0.4, -0.2) is 25.2 Å². The van der Waals surface area contributed by atoms with E-state index in [9.17, 15) is 9.59 Å². The molecule has 0 aromatic carbocycles. The lowest BCUT2D eigenvalue weighted by atomic mass is 10.1. The molecule has 0 N–H and O–H groups in total. The van der Waals surface area contributed by atoms with Crippen molar-refractivity contribution in [2.45, 2.75) is 104 Å². The SMILES string of the molecule is CCCCCC/C=C/CCOC(=O)CCC(=O)OCC/C=C/CCCCCC. The number of esters is 2. The number of carbonyl (C=O) groups is 2. The normalized spacial score (nSPS) is 11.4. The third kappa shape index (κ3) is 20.7. The highest BCUT2D eigenvalue weighted by molar-refractivity contribution is 5.77. The molecule has 0 amide bonds. The van der Waals surface area contributed by atoms with Gasteiger partial charge in [-0.25, -0.2) is 0 Å².